The zero-order valence-electron chi connectivity index (χ0n) is 17.4. The van der Waals surface area contributed by atoms with E-state index in [0.29, 0.717) is 10.5 Å². The molecule has 0 saturated carbocycles. The van der Waals surface area contributed by atoms with E-state index >= 15 is 0 Å². The summed E-state index contributed by atoms with van der Waals surface area (Å²) in [6.07, 6.45) is -0.449. The summed E-state index contributed by atoms with van der Waals surface area (Å²) in [5, 5.41) is 0.594. The number of carbonyl (C=O) groups is 1. The number of carbonyl (C=O) groups excluding carboxylic acids is 1. The van der Waals surface area contributed by atoms with Gasteiger partial charge in [-0.25, -0.2) is 18.0 Å². The summed E-state index contributed by atoms with van der Waals surface area (Å²) >= 11 is 5.91. The molecule has 1 saturated heterocycles. The van der Waals surface area contributed by atoms with Gasteiger partial charge in [0.2, 0.25) is 10.0 Å². The number of fused-ring (bicyclic) bond motifs is 1. The zero-order chi connectivity index (χ0) is 22.9. The fraction of sp³-hybridized carbons (Fsp3) is 0.333. The highest BCUT2D eigenvalue weighted by Crippen LogP contribution is 2.23. The lowest BCUT2D eigenvalue weighted by Gasteiger charge is -2.33. The molecule has 1 fully saturated rings. The van der Waals surface area contributed by atoms with Crippen LogP contribution in [0.5, 0.6) is 0 Å². The van der Waals surface area contributed by atoms with Gasteiger partial charge in [-0.05, 0) is 36.8 Å². The Labute approximate surface area is 189 Å². The summed E-state index contributed by atoms with van der Waals surface area (Å²) in [6, 6.07) is 11.5. The lowest BCUT2D eigenvalue weighted by molar-refractivity contribution is 0.0934. The van der Waals surface area contributed by atoms with Crippen molar-refractivity contribution in [2.75, 3.05) is 32.8 Å². The Hall–Kier alpha value is -2.82. The van der Waals surface area contributed by atoms with Crippen LogP contribution in [0, 0.1) is 0 Å². The van der Waals surface area contributed by atoms with E-state index in [1.165, 1.54) is 25.9 Å². The third-order valence-corrected chi connectivity index (χ3v) is 7.44. The molecule has 4 rings (SSSR count). The van der Waals surface area contributed by atoms with Gasteiger partial charge in [-0.2, -0.15) is 4.31 Å². The highest BCUT2D eigenvalue weighted by Gasteiger charge is 2.31. The van der Waals surface area contributed by atoms with Gasteiger partial charge in [-0.1, -0.05) is 23.7 Å². The van der Waals surface area contributed by atoms with Crippen molar-refractivity contribution < 1.29 is 22.4 Å². The number of hydrogen-bond donors (Lipinski definition) is 0. The van der Waals surface area contributed by atoms with Crippen molar-refractivity contribution in [2.45, 2.75) is 18.4 Å². The fourth-order valence-electron chi connectivity index (χ4n) is 3.60. The van der Waals surface area contributed by atoms with E-state index in [0.717, 1.165) is 5.56 Å². The van der Waals surface area contributed by atoms with Crippen LogP contribution in [0.2, 0.25) is 5.02 Å². The highest BCUT2D eigenvalue weighted by atomic mass is 35.5. The first-order valence-electron chi connectivity index (χ1n) is 10.1. The SMILES string of the molecule is CCOC(=O)N1CCN(S(=O)(=O)c2ccc3c(c2)oc(=O)n3Cc2ccc(Cl)cc2)CC1. The standard InChI is InChI=1S/C21H22ClN3O6S/c1-2-30-20(26)23-9-11-24(12-10-23)32(28,29)17-7-8-18-19(13-17)31-21(27)25(18)14-15-3-5-16(22)6-4-15/h3-8,13H,2,9-12,14H2,1H3. The maximum atomic E-state index is 13.1. The average Bonchev–Trinajstić information content (AvgIpc) is 3.09. The molecule has 1 aromatic heterocycles. The first kappa shape index (κ1) is 22.4. The second-order valence-corrected chi connectivity index (χ2v) is 9.67. The van der Waals surface area contributed by atoms with Crippen molar-refractivity contribution >= 4 is 38.8 Å². The number of ether oxygens (including phenoxy) is 1. The van der Waals surface area contributed by atoms with Crippen molar-refractivity contribution in [1.29, 1.82) is 0 Å². The Morgan fingerprint density at radius 1 is 1.09 bits per heavy atom. The molecule has 32 heavy (non-hydrogen) atoms. The highest BCUT2D eigenvalue weighted by molar-refractivity contribution is 7.89. The predicted octanol–water partition coefficient (Wildman–Crippen LogP) is 2.76. The quantitative estimate of drug-likeness (QED) is 0.557. The zero-order valence-corrected chi connectivity index (χ0v) is 18.9. The van der Waals surface area contributed by atoms with Crippen molar-refractivity contribution in [3.8, 4) is 0 Å². The molecule has 1 amide bonds. The maximum Gasteiger partial charge on any atom is 0.420 e. The van der Waals surface area contributed by atoms with Crippen LogP contribution in [-0.4, -0.2) is 61.1 Å². The number of oxazole rings is 1. The summed E-state index contributed by atoms with van der Waals surface area (Å²) < 4.78 is 39.2. The summed E-state index contributed by atoms with van der Waals surface area (Å²) in [5.41, 5.74) is 1.54. The van der Waals surface area contributed by atoms with Crippen LogP contribution in [0.15, 0.2) is 56.6 Å². The third-order valence-electron chi connectivity index (χ3n) is 5.30. The number of benzene rings is 2. The summed E-state index contributed by atoms with van der Waals surface area (Å²) in [6.45, 7) is 3.04. The number of rotatable bonds is 5. The number of piperazine rings is 1. The van der Waals surface area contributed by atoms with Crippen molar-refractivity contribution in [1.82, 2.24) is 13.8 Å². The molecule has 0 aliphatic carbocycles. The van der Waals surface area contributed by atoms with E-state index in [1.54, 1.807) is 25.1 Å². The number of aromatic nitrogens is 1. The van der Waals surface area contributed by atoms with E-state index in [2.05, 4.69) is 0 Å². The lowest BCUT2D eigenvalue weighted by atomic mass is 10.2. The van der Waals surface area contributed by atoms with Gasteiger partial charge < -0.3 is 14.1 Å². The number of amides is 1. The average molecular weight is 480 g/mol. The normalized spacial score (nSPS) is 15.2. The Morgan fingerprint density at radius 3 is 2.44 bits per heavy atom. The van der Waals surface area contributed by atoms with E-state index in [-0.39, 0.29) is 49.8 Å². The van der Waals surface area contributed by atoms with Crippen LogP contribution in [0.3, 0.4) is 0 Å². The first-order chi connectivity index (χ1) is 15.3. The van der Waals surface area contributed by atoms with E-state index in [1.807, 2.05) is 12.1 Å². The summed E-state index contributed by atoms with van der Waals surface area (Å²) in [5.74, 6) is -0.576. The molecular formula is C21H22ClN3O6S. The second kappa shape index (κ2) is 8.97. The van der Waals surface area contributed by atoms with E-state index < -0.39 is 21.9 Å². The van der Waals surface area contributed by atoms with E-state index in [9.17, 15) is 18.0 Å². The fourth-order valence-corrected chi connectivity index (χ4v) is 5.17. The Balaban J connectivity index is 1.55. The monoisotopic (exact) mass is 479 g/mol. The predicted molar refractivity (Wildman–Crippen MR) is 118 cm³/mol. The molecule has 170 valence electrons. The van der Waals surface area contributed by atoms with Gasteiger partial charge in [0.1, 0.15) is 0 Å². The molecule has 1 aliphatic rings. The molecule has 0 spiro atoms. The van der Waals surface area contributed by atoms with Crippen LogP contribution in [0.25, 0.3) is 11.1 Å². The number of sulfonamides is 1. The molecule has 11 heteroatoms. The van der Waals surface area contributed by atoms with Gasteiger partial charge in [0, 0.05) is 37.3 Å². The number of nitrogens with zero attached hydrogens (tertiary/aromatic N) is 3. The second-order valence-electron chi connectivity index (χ2n) is 7.30. The van der Waals surface area contributed by atoms with Crippen LogP contribution >= 0.6 is 11.6 Å². The van der Waals surface area contributed by atoms with Crippen molar-refractivity contribution in [3.05, 3.63) is 63.6 Å². The third kappa shape index (κ3) is 4.38. The van der Waals surface area contributed by atoms with Gasteiger partial charge in [0.15, 0.2) is 5.58 Å². The Morgan fingerprint density at radius 2 is 1.78 bits per heavy atom. The van der Waals surface area contributed by atoms with Crippen LogP contribution in [0.1, 0.15) is 12.5 Å². The van der Waals surface area contributed by atoms with Crippen LogP contribution < -0.4 is 5.76 Å². The molecule has 9 nitrogen and oxygen atoms in total. The van der Waals surface area contributed by atoms with Gasteiger partial charge in [-0.15, -0.1) is 0 Å². The largest absolute Gasteiger partial charge is 0.450 e. The number of halogens is 1. The maximum absolute atomic E-state index is 13.1. The molecule has 0 atom stereocenters. The summed E-state index contributed by atoms with van der Waals surface area (Å²) in [7, 11) is -3.81. The van der Waals surface area contributed by atoms with Crippen LogP contribution in [0.4, 0.5) is 4.79 Å². The van der Waals surface area contributed by atoms with Gasteiger partial charge in [-0.3, -0.25) is 4.57 Å². The molecule has 0 N–H and O–H groups in total. The molecule has 0 bridgehead atoms. The minimum atomic E-state index is -3.81. The van der Waals surface area contributed by atoms with Gasteiger partial charge in [0.05, 0.1) is 23.6 Å². The van der Waals surface area contributed by atoms with E-state index in [4.69, 9.17) is 20.8 Å². The molecule has 0 unspecified atom stereocenters. The molecule has 1 aliphatic heterocycles. The Bertz CT molecular complexity index is 1290. The molecule has 2 heterocycles. The first-order valence-corrected chi connectivity index (χ1v) is 11.9. The topological polar surface area (TPSA) is 102 Å². The Kier molecular flexibility index (Phi) is 6.27. The van der Waals surface area contributed by atoms with Gasteiger partial charge >= 0.3 is 11.8 Å². The van der Waals surface area contributed by atoms with Crippen molar-refractivity contribution in [3.63, 3.8) is 0 Å². The molecule has 2 aromatic carbocycles. The summed E-state index contributed by atoms with van der Waals surface area (Å²) in [4.78, 5) is 25.7. The number of hydrogen-bond acceptors (Lipinski definition) is 6. The lowest BCUT2D eigenvalue weighted by Crippen LogP contribution is -2.50. The minimum Gasteiger partial charge on any atom is -0.450 e. The molecule has 3 aromatic rings. The van der Waals surface area contributed by atoms with Crippen LogP contribution in [-0.2, 0) is 21.3 Å². The minimum absolute atomic E-state index is 0.0296. The molecule has 0 radical (unpaired) electrons. The van der Waals surface area contributed by atoms with Crippen molar-refractivity contribution in [2.24, 2.45) is 0 Å². The smallest absolute Gasteiger partial charge is 0.420 e. The molecular weight excluding hydrogens is 458 g/mol. The van der Waals surface area contributed by atoms with Gasteiger partial charge in [0.25, 0.3) is 0 Å².